The molecule has 1 fully saturated rings. The van der Waals surface area contributed by atoms with E-state index < -0.39 is 0 Å². The molecule has 0 saturated heterocycles. The molecule has 1 amide bonds. The minimum atomic E-state index is -0.332. The number of rotatable bonds is 6. The first-order valence-corrected chi connectivity index (χ1v) is 9.57. The highest BCUT2D eigenvalue weighted by atomic mass is 16.5. The van der Waals surface area contributed by atoms with Gasteiger partial charge in [0.2, 0.25) is 0 Å². The molecule has 0 aliphatic heterocycles. The molecule has 1 aromatic carbocycles. The molecule has 0 unspecified atom stereocenters. The molecule has 1 aliphatic carbocycles. The number of amides is 1. The van der Waals surface area contributed by atoms with Crippen LogP contribution < -0.4 is 15.6 Å². The van der Waals surface area contributed by atoms with Crippen LogP contribution >= 0.6 is 0 Å². The third-order valence-corrected chi connectivity index (χ3v) is 5.26. The van der Waals surface area contributed by atoms with E-state index in [2.05, 4.69) is 10.3 Å². The van der Waals surface area contributed by atoms with Crippen molar-refractivity contribution in [2.45, 2.75) is 38.1 Å². The van der Waals surface area contributed by atoms with Crippen LogP contribution in [-0.4, -0.2) is 29.1 Å². The Morgan fingerprint density at radius 3 is 2.89 bits per heavy atom. The maximum Gasteiger partial charge on any atom is 0.287 e. The predicted octanol–water partition coefficient (Wildman–Crippen LogP) is 3.09. The number of aromatic nitrogens is 2. The van der Waals surface area contributed by atoms with Gasteiger partial charge in [-0.1, -0.05) is 25.0 Å². The summed E-state index contributed by atoms with van der Waals surface area (Å²) in [6.45, 7) is 0.656. The van der Waals surface area contributed by atoms with E-state index in [4.69, 9.17) is 9.15 Å². The third kappa shape index (κ3) is 3.65. The standard InChI is InChI=1S/C21H23N3O4/c1-27-17-8-4-7-15-11-18(28-20(15)17)21(26)22-9-10-24-13-23-16(12-19(24)25)14-5-2-3-6-14/h4,7-8,11-14H,2-3,5-6,9-10H2,1H3,(H,22,26). The topological polar surface area (TPSA) is 86.4 Å². The summed E-state index contributed by atoms with van der Waals surface area (Å²) in [6.07, 6.45) is 6.20. The average molecular weight is 381 g/mol. The number of furan rings is 1. The quantitative estimate of drug-likeness (QED) is 0.709. The average Bonchev–Trinajstić information content (AvgIpc) is 3.38. The lowest BCUT2D eigenvalue weighted by Gasteiger charge is -2.10. The van der Waals surface area contributed by atoms with E-state index in [0.717, 1.165) is 23.9 Å². The predicted molar refractivity (Wildman–Crippen MR) is 105 cm³/mol. The number of fused-ring (bicyclic) bond motifs is 1. The summed E-state index contributed by atoms with van der Waals surface area (Å²) in [6, 6.07) is 8.78. The summed E-state index contributed by atoms with van der Waals surface area (Å²) in [5, 5.41) is 3.58. The third-order valence-electron chi connectivity index (χ3n) is 5.26. The van der Waals surface area contributed by atoms with E-state index in [-0.39, 0.29) is 17.2 Å². The summed E-state index contributed by atoms with van der Waals surface area (Å²) in [4.78, 5) is 29.1. The second kappa shape index (κ2) is 7.88. The van der Waals surface area contributed by atoms with Crippen molar-refractivity contribution in [3.8, 4) is 5.75 Å². The van der Waals surface area contributed by atoms with Gasteiger partial charge in [-0.15, -0.1) is 0 Å². The first-order valence-electron chi connectivity index (χ1n) is 9.57. The molecule has 0 radical (unpaired) electrons. The number of nitrogens with one attached hydrogen (secondary N) is 1. The molecular formula is C21H23N3O4. The molecule has 1 saturated carbocycles. The SMILES string of the molecule is COc1cccc2cc(C(=O)NCCn3cnc(C4CCCC4)cc3=O)oc12. The van der Waals surface area contributed by atoms with Crippen LogP contribution in [0.5, 0.6) is 5.75 Å². The van der Waals surface area contributed by atoms with Crippen molar-refractivity contribution in [1.29, 1.82) is 0 Å². The van der Waals surface area contributed by atoms with Crippen LogP contribution in [0.2, 0.25) is 0 Å². The van der Waals surface area contributed by atoms with Crippen molar-refractivity contribution in [3.05, 3.63) is 58.5 Å². The number of methoxy groups -OCH3 is 1. The zero-order valence-corrected chi connectivity index (χ0v) is 15.8. The van der Waals surface area contributed by atoms with Crippen LogP contribution in [0.1, 0.15) is 47.8 Å². The van der Waals surface area contributed by atoms with E-state index in [1.165, 1.54) is 17.4 Å². The van der Waals surface area contributed by atoms with Crippen LogP contribution in [0.15, 0.2) is 45.9 Å². The molecule has 1 aliphatic rings. The molecule has 146 valence electrons. The number of hydrogen-bond acceptors (Lipinski definition) is 5. The molecule has 7 heteroatoms. The number of carbonyl (C=O) groups is 1. The monoisotopic (exact) mass is 381 g/mol. The van der Waals surface area contributed by atoms with Crippen molar-refractivity contribution in [2.75, 3.05) is 13.7 Å². The number of benzene rings is 1. The Morgan fingerprint density at radius 1 is 1.32 bits per heavy atom. The van der Waals surface area contributed by atoms with E-state index in [9.17, 15) is 9.59 Å². The van der Waals surface area contributed by atoms with E-state index in [1.54, 1.807) is 31.6 Å². The Bertz CT molecular complexity index is 1050. The van der Waals surface area contributed by atoms with Crippen LogP contribution in [0.4, 0.5) is 0 Å². The largest absolute Gasteiger partial charge is 0.493 e. The van der Waals surface area contributed by atoms with E-state index in [1.807, 2.05) is 12.1 Å². The van der Waals surface area contributed by atoms with Crippen LogP contribution in [-0.2, 0) is 6.54 Å². The van der Waals surface area contributed by atoms with Crippen molar-refractivity contribution in [3.63, 3.8) is 0 Å². The fourth-order valence-electron chi connectivity index (χ4n) is 3.74. The zero-order valence-electron chi connectivity index (χ0n) is 15.8. The first kappa shape index (κ1) is 18.3. The number of para-hydroxylation sites is 1. The van der Waals surface area contributed by atoms with Gasteiger partial charge in [0.15, 0.2) is 17.1 Å². The highest BCUT2D eigenvalue weighted by molar-refractivity contribution is 5.97. The molecule has 2 heterocycles. The molecule has 28 heavy (non-hydrogen) atoms. The lowest BCUT2D eigenvalue weighted by molar-refractivity contribution is 0.0926. The molecule has 0 spiro atoms. The Hall–Kier alpha value is -3.09. The van der Waals surface area contributed by atoms with Gasteiger partial charge in [0.1, 0.15) is 0 Å². The minimum absolute atomic E-state index is 0.0837. The van der Waals surface area contributed by atoms with Gasteiger partial charge < -0.3 is 14.5 Å². The molecule has 4 rings (SSSR count). The van der Waals surface area contributed by atoms with Gasteiger partial charge in [0, 0.05) is 30.5 Å². The number of hydrogen-bond donors (Lipinski definition) is 1. The minimum Gasteiger partial charge on any atom is -0.493 e. The van der Waals surface area contributed by atoms with Gasteiger partial charge in [0.05, 0.1) is 19.1 Å². The van der Waals surface area contributed by atoms with Crippen molar-refractivity contribution in [2.24, 2.45) is 0 Å². The molecule has 1 N–H and O–H groups in total. The second-order valence-electron chi connectivity index (χ2n) is 7.07. The van der Waals surface area contributed by atoms with Gasteiger partial charge in [-0.3, -0.25) is 14.2 Å². The highest BCUT2D eigenvalue weighted by Gasteiger charge is 2.19. The zero-order chi connectivity index (χ0) is 19.5. The smallest absolute Gasteiger partial charge is 0.287 e. The van der Waals surface area contributed by atoms with Gasteiger partial charge in [-0.05, 0) is 25.0 Å². The Morgan fingerprint density at radius 2 is 2.14 bits per heavy atom. The molecule has 0 atom stereocenters. The van der Waals surface area contributed by atoms with Crippen LogP contribution in [0, 0.1) is 0 Å². The van der Waals surface area contributed by atoms with E-state index in [0.29, 0.717) is 30.3 Å². The summed E-state index contributed by atoms with van der Waals surface area (Å²) < 4.78 is 12.4. The summed E-state index contributed by atoms with van der Waals surface area (Å²) >= 11 is 0. The molecular weight excluding hydrogens is 358 g/mol. The first-order chi connectivity index (χ1) is 13.7. The lowest BCUT2D eigenvalue weighted by Crippen LogP contribution is -2.31. The van der Waals surface area contributed by atoms with E-state index >= 15 is 0 Å². The maximum atomic E-state index is 12.4. The molecule has 7 nitrogen and oxygen atoms in total. The normalized spacial score (nSPS) is 14.5. The van der Waals surface area contributed by atoms with Gasteiger partial charge in [0.25, 0.3) is 11.5 Å². The van der Waals surface area contributed by atoms with Gasteiger partial charge in [-0.25, -0.2) is 4.98 Å². The highest BCUT2D eigenvalue weighted by Crippen LogP contribution is 2.32. The van der Waals surface area contributed by atoms with Crippen LogP contribution in [0.3, 0.4) is 0 Å². The fourth-order valence-corrected chi connectivity index (χ4v) is 3.74. The van der Waals surface area contributed by atoms with Gasteiger partial charge >= 0.3 is 0 Å². The Labute approximate surface area is 162 Å². The number of nitrogens with zero attached hydrogens (tertiary/aromatic N) is 2. The molecule has 2 aromatic heterocycles. The van der Waals surface area contributed by atoms with Crippen molar-refractivity contribution < 1.29 is 13.9 Å². The maximum absolute atomic E-state index is 12.4. The summed E-state index contributed by atoms with van der Waals surface area (Å²) in [7, 11) is 1.56. The summed E-state index contributed by atoms with van der Waals surface area (Å²) in [5.41, 5.74) is 1.34. The molecule has 3 aromatic rings. The van der Waals surface area contributed by atoms with Crippen LogP contribution in [0.25, 0.3) is 11.0 Å². The summed E-state index contributed by atoms with van der Waals surface area (Å²) in [5.74, 6) is 0.868. The Kier molecular flexibility index (Phi) is 5.14. The van der Waals surface area contributed by atoms with Crippen molar-refractivity contribution >= 4 is 16.9 Å². The lowest BCUT2D eigenvalue weighted by atomic mass is 10.0. The number of carbonyl (C=O) groups excluding carboxylic acids is 1. The Balaban J connectivity index is 1.38. The second-order valence-corrected chi connectivity index (χ2v) is 7.07. The number of ether oxygens (including phenoxy) is 1. The van der Waals surface area contributed by atoms with Crippen molar-refractivity contribution in [1.82, 2.24) is 14.9 Å². The van der Waals surface area contributed by atoms with Gasteiger partial charge in [-0.2, -0.15) is 0 Å². The molecule has 0 bridgehead atoms. The fraction of sp³-hybridized carbons (Fsp3) is 0.381.